The Labute approximate surface area is 141 Å². The van der Waals surface area contributed by atoms with Crippen LogP contribution in [0.5, 0.6) is 0 Å². The van der Waals surface area contributed by atoms with Gasteiger partial charge in [-0.1, -0.05) is 0 Å². The molecule has 2 atom stereocenters. The van der Waals surface area contributed by atoms with Gasteiger partial charge in [-0.15, -0.1) is 0 Å². The summed E-state index contributed by atoms with van der Waals surface area (Å²) >= 11 is 1.97. The number of furan rings is 1. The molecule has 3 heterocycles. The zero-order chi connectivity index (χ0) is 16.1. The summed E-state index contributed by atoms with van der Waals surface area (Å²) in [7, 11) is 0. The van der Waals surface area contributed by atoms with Gasteiger partial charge in [-0.25, -0.2) is 4.79 Å². The molecule has 3 rings (SSSR count). The largest absolute Gasteiger partial charge is 0.467 e. The molecular weight excluding hydrogens is 314 g/mol. The summed E-state index contributed by atoms with van der Waals surface area (Å²) in [6, 6.07) is 3.42. The average Bonchev–Trinajstić information content (AvgIpc) is 3.26. The molecule has 2 amide bonds. The van der Waals surface area contributed by atoms with Crippen molar-refractivity contribution in [2.75, 3.05) is 44.4 Å². The molecule has 0 saturated carbocycles. The van der Waals surface area contributed by atoms with Crippen LogP contribution < -0.4 is 10.6 Å². The van der Waals surface area contributed by atoms with E-state index >= 15 is 0 Å². The van der Waals surface area contributed by atoms with Crippen LogP contribution in [0.1, 0.15) is 25.1 Å². The molecule has 128 valence electrons. The number of hydrogen-bond acceptors (Lipinski definition) is 5. The molecular formula is C16H25N3O3S. The molecule has 2 aliphatic rings. The highest BCUT2D eigenvalue weighted by Crippen LogP contribution is 2.33. The number of rotatable bonds is 5. The minimum Gasteiger partial charge on any atom is -0.467 e. The third-order valence-corrected chi connectivity index (χ3v) is 5.89. The van der Waals surface area contributed by atoms with Crippen molar-refractivity contribution in [3.8, 4) is 0 Å². The van der Waals surface area contributed by atoms with E-state index in [4.69, 9.17) is 9.15 Å². The fourth-order valence-corrected chi connectivity index (χ4v) is 4.71. The number of urea groups is 1. The summed E-state index contributed by atoms with van der Waals surface area (Å²) in [6.07, 6.45) is 2.74. The fraction of sp³-hybridized carbons (Fsp3) is 0.688. The summed E-state index contributed by atoms with van der Waals surface area (Å²) < 4.78 is 10.8. The lowest BCUT2D eigenvalue weighted by atomic mass is 9.95. The van der Waals surface area contributed by atoms with Crippen LogP contribution in [0.25, 0.3) is 0 Å². The summed E-state index contributed by atoms with van der Waals surface area (Å²) in [5.74, 6) is 2.99. The number of thioether (sulfide) groups is 1. The van der Waals surface area contributed by atoms with Crippen LogP contribution in [0.2, 0.25) is 0 Å². The highest BCUT2D eigenvalue weighted by Gasteiger charge is 2.40. The van der Waals surface area contributed by atoms with Crippen LogP contribution in [0.3, 0.4) is 0 Å². The van der Waals surface area contributed by atoms with Gasteiger partial charge in [0.15, 0.2) is 0 Å². The topological polar surface area (TPSA) is 66.7 Å². The van der Waals surface area contributed by atoms with E-state index in [9.17, 15) is 4.79 Å². The lowest BCUT2D eigenvalue weighted by Crippen LogP contribution is -2.59. The molecule has 2 fully saturated rings. The Kier molecular flexibility index (Phi) is 5.50. The van der Waals surface area contributed by atoms with Crippen LogP contribution >= 0.6 is 11.8 Å². The second-order valence-electron chi connectivity index (χ2n) is 6.19. The maximum absolute atomic E-state index is 12.2. The van der Waals surface area contributed by atoms with E-state index in [1.54, 1.807) is 6.26 Å². The maximum Gasteiger partial charge on any atom is 0.315 e. The first kappa shape index (κ1) is 16.7. The van der Waals surface area contributed by atoms with Gasteiger partial charge in [-0.3, -0.25) is 4.90 Å². The Bertz CT molecular complexity index is 497. The number of carbonyl (C=O) groups excluding carboxylic acids is 1. The van der Waals surface area contributed by atoms with Crippen LogP contribution in [-0.4, -0.2) is 60.8 Å². The third kappa shape index (κ3) is 4.02. The Morgan fingerprint density at radius 2 is 2.30 bits per heavy atom. The van der Waals surface area contributed by atoms with Gasteiger partial charge >= 0.3 is 6.03 Å². The highest BCUT2D eigenvalue weighted by atomic mass is 32.2. The average molecular weight is 339 g/mol. The zero-order valence-corrected chi connectivity index (χ0v) is 14.4. The Hall–Kier alpha value is -1.18. The van der Waals surface area contributed by atoms with Gasteiger partial charge in [0.25, 0.3) is 0 Å². The molecule has 2 saturated heterocycles. The molecule has 0 unspecified atom stereocenters. The predicted molar refractivity (Wildman–Crippen MR) is 90.7 cm³/mol. The summed E-state index contributed by atoms with van der Waals surface area (Å²) in [5, 5.41) is 6.00. The Balaban J connectivity index is 1.53. The number of amides is 2. The molecule has 1 aromatic heterocycles. The van der Waals surface area contributed by atoms with Gasteiger partial charge in [0.05, 0.1) is 25.5 Å². The predicted octanol–water partition coefficient (Wildman–Crippen LogP) is 1.85. The first-order chi connectivity index (χ1) is 11.2. The van der Waals surface area contributed by atoms with Gasteiger partial charge in [0.1, 0.15) is 5.76 Å². The van der Waals surface area contributed by atoms with Gasteiger partial charge in [0.2, 0.25) is 0 Å². The summed E-state index contributed by atoms with van der Waals surface area (Å²) in [6.45, 7) is 6.07. The van der Waals surface area contributed by atoms with Gasteiger partial charge in [-0.05, 0) is 31.2 Å². The second kappa shape index (κ2) is 7.59. The molecule has 0 aliphatic carbocycles. The standard InChI is InChI=1S/C16H25N3O3S/c1-13(14-3-2-7-22-14)18-15(20)17-11-16(4-10-23-12-16)19-5-8-21-9-6-19/h2-3,7,13H,4-6,8-12H2,1H3,(H2,17,18,20)/t13-,16-/m0/s1. The molecule has 0 radical (unpaired) electrons. The van der Waals surface area contributed by atoms with Crippen LogP contribution in [-0.2, 0) is 4.74 Å². The van der Waals surface area contributed by atoms with E-state index in [0.717, 1.165) is 50.0 Å². The van der Waals surface area contributed by atoms with Gasteiger partial charge in [-0.2, -0.15) is 11.8 Å². The quantitative estimate of drug-likeness (QED) is 0.857. The fourth-order valence-electron chi connectivity index (χ4n) is 3.24. The minimum atomic E-state index is -0.140. The molecule has 1 aromatic rings. The number of ether oxygens (including phenoxy) is 1. The zero-order valence-electron chi connectivity index (χ0n) is 13.5. The number of nitrogens with zero attached hydrogens (tertiary/aromatic N) is 1. The first-order valence-electron chi connectivity index (χ1n) is 8.18. The molecule has 7 heteroatoms. The van der Waals surface area contributed by atoms with Crippen molar-refractivity contribution in [3.05, 3.63) is 24.2 Å². The van der Waals surface area contributed by atoms with Crippen molar-refractivity contribution < 1.29 is 13.9 Å². The molecule has 0 aromatic carbocycles. The van der Waals surface area contributed by atoms with E-state index < -0.39 is 0 Å². The van der Waals surface area contributed by atoms with E-state index in [2.05, 4.69) is 15.5 Å². The summed E-state index contributed by atoms with van der Waals surface area (Å²) in [4.78, 5) is 14.7. The molecule has 2 N–H and O–H groups in total. The van der Waals surface area contributed by atoms with E-state index in [1.807, 2.05) is 30.8 Å². The number of nitrogens with one attached hydrogen (secondary N) is 2. The summed E-state index contributed by atoms with van der Waals surface area (Å²) in [5.41, 5.74) is 0.0692. The van der Waals surface area contributed by atoms with E-state index in [0.29, 0.717) is 6.54 Å². The number of hydrogen-bond donors (Lipinski definition) is 2. The SMILES string of the molecule is C[C@H](NC(=O)NC[C@@]1(N2CCOCC2)CCSC1)c1ccco1. The van der Waals surface area contributed by atoms with Crippen molar-refractivity contribution in [3.63, 3.8) is 0 Å². The first-order valence-corrected chi connectivity index (χ1v) is 9.33. The lowest BCUT2D eigenvalue weighted by Gasteiger charge is -2.43. The monoisotopic (exact) mass is 339 g/mol. The molecule has 2 aliphatic heterocycles. The normalized spacial score (nSPS) is 26.8. The minimum absolute atomic E-state index is 0.0692. The molecule has 6 nitrogen and oxygen atoms in total. The van der Waals surface area contributed by atoms with Crippen molar-refractivity contribution in [1.29, 1.82) is 0 Å². The van der Waals surface area contributed by atoms with E-state index in [-0.39, 0.29) is 17.6 Å². The van der Waals surface area contributed by atoms with Gasteiger partial charge in [0, 0.05) is 30.9 Å². The van der Waals surface area contributed by atoms with Crippen molar-refractivity contribution in [2.24, 2.45) is 0 Å². The van der Waals surface area contributed by atoms with E-state index in [1.165, 1.54) is 0 Å². The Morgan fingerprint density at radius 3 is 2.96 bits per heavy atom. The van der Waals surface area contributed by atoms with Crippen molar-refractivity contribution >= 4 is 17.8 Å². The van der Waals surface area contributed by atoms with Crippen molar-refractivity contribution in [1.82, 2.24) is 15.5 Å². The lowest BCUT2D eigenvalue weighted by molar-refractivity contribution is -0.0124. The smallest absolute Gasteiger partial charge is 0.315 e. The second-order valence-corrected chi connectivity index (χ2v) is 7.30. The maximum atomic E-state index is 12.2. The van der Waals surface area contributed by atoms with Crippen molar-refractivity contribution in [2.45, 2.75) is 24.9 Å². The van der Waals surface area contributed by atoms with Crippen LogP contribution in [0, 0.1) is 0 Å². The number of carbonyl (C=O) groups is 1. The highest BCUT2D eigenvalue weighted by molar-refractivity contribution is 7.99. The molecule has 0 bridgehead atoms. The van der Waals surface area contributed by atoms with Crippen LogP contribution in [0.15, 0.2) is 22.8 Å². The van der Waals surface area contributed by atoms with Crippen LogP contribution in [0.4, 0.5) is 4.79 Å². The number of morpholine rings is 1. The third-order valence-electron chi connectivity index (χ3n) is 4.66. The molecule has 0 spiro atoms. The Morgan fingerprint density at radius 1 is 1.48 bits per heavy atom. The molecule has 23 heavy (non-hydrogen) atoms. The van der Waals surface area contributed by atoms with Gasteiger partial charge < -0.3 is 19.8 Å².